The van der Waals surface area contributed by atoms with Gasteiger partial charge in [-0.15, -0.1) is 12.4 Å². The van der Waals surface area contributed by atoms with Gasteiger partial charge in [-0.3, -0.25) is 4.79 Å². The summed E-state index contributed by atoms with van der Waals surface area (Å²) in [6, 6.07) is 10.2. The van der Waals surface area contributed by atoms with Crippen LogP contribution in [0.1, 0.15) is 34.5 Å². The molecule has 5 rings (SSSR count). The molecule has 1 saturated carbocycles. The Morgan fingerprint density at radius 2 is 1.93 bits per heavy atom. The molecule has 29 heavy (non-hydrogen) atoms. The van der Waals surface area contributed by atoms with Crippen LogP contribution in [0.15, 0.2) is 34.9 Å². The molecule has 2 N–H and O–H groups in total. The van der Waals surface area contributed by atoms with Gasteiger partial charge in [0.2, 0.25) is 0 Å². The molecule has 2 aliphatic rings. The first-order valence-electron chi connectivity index (χ1n) is 9.90. The van der Waals surface area contributed by atoms with Crippen molar-refractivity contribution >= 4 is 29.4 Å². The first-order chi connectivity index (χ1) is 13.5. The number of carbonyl (C=O) groups excluding carboxylic acids is 1. The van der Waals surface area contributed by atoms with Gasteiger partial charge in [-0.05, 0) is 44.6 Å². The number of nitrogens with zero attached hydrogens (tertiary/aromatic N) is 3. The number of hydrogen-bond donors (Lipinski definition) is 1. The summed E-state index contributed by atoms with van der Waals surface area (Å²) in [7, 11) is 0. The fraction of sp³-hybridized carbons (Fsp3) is 0.409. The fourth-order valence-electron chi connectivity index (χ4n) is 4.78. The van der Waals surface area contributed by atoms with E-state index in [9.17, 15) is 4.79 Å². The zero-order valence-corrected chi connectivity index (χ0v) is 17.4. The molecule has 3 atom stereocenters. The van der Waals surface area contributed by atoms with Crippen molar-refractivity contribution in [3.8, 4) is 11.3 Å². The highest BCUT2D eigenvalue weighted by Crippen LogP contribution is 2.38. The van der Waals surface area contributed by atoms with Crippen molar-refractivity contribution < 1.29 is 9.32 Å². The van der Waals surface area contributed by atoms with E-state index in [0.29, 0.717) is 34.2 Å². The molecule has 3 unspecified atom stereocenters. The molecule has 1 aliphatic heterocycles. The number of aromatic nitrogens is 2. The molecule has 152 valence electrons. The summed E-state index contributed by atoms with van der Waals surface area (Å²) in [5, 5.41) is 4.77. The zero-order valence-electron chi connectivity index (χ0n) is 16.6. The summed E-state index contributed by atoms with van der Waals surface area (Å²) in [6.07, 6.45) is 2.18. The second-order valence-electron chi connectivity index (χ2n) is 8.24. The van der Waals surface area contributed by atoms with Crippen LogP contribution >= 0.6 is 12.4 Å². The van der Waals surface area contributed by atoms with Crippen LogP contribution in [-0.2, 0) is 0 Å². The lowest BCUT2D eigenvalue weighted by Crippen LogP contribution is -2.33. The maximum absolute atomic E-state index is 13.5. The largest absolute Gasteiger partial charge is 0.338 e. The molecule has 3 heterocycles. The zero-order chi connectivity index (χ0) is 19.4. The highest BCUT2D eigenvalue weighted by atomic mass is 35.5. The van der Waals surface area contributed by atoms with E-state index in [4.69, 9.17) is 10.3 Å². The van der Waals surface area contributed by atoms with Crippen molar-refractivity contribution in [2.75, 3.05) is 13.1 Å². The maximum Gasteiger partial charge on any atom is 0.259 e. The highest BCUT2D eigenvalue weighted by Gasteiger charge is 2.43. The van der Waals surface area contributed by atoms with Crippen LogP contribution in [-0.4, -0.2) is 40.1 Å². The standard InChI is InChI=1S/C22H24N4O2.ClH/c1-12-3-5-14(6-4-12)19-9-16(20-13(2)25-28-21(20)24-19)22(27)26-10-15-7-8-18(23)17(15)11-26;/h3-6,9,15,17-18H,7-8,10-11,23H2,1-2H3;1H. The van der Waals surface area contributed by atoms with Crippen LogP contribution in [0.25, 0.3) is 22.4 Å². The third-order valence-corrected chi connectivity index (χ3v) is 6.39. The Morgan fingerprint density at radius 3 is 2.66 bits per heavy atom. The van der Waals surface area contributed by atoms with E-state index in [1.807, 2.05) is 49.1 Å². The van der Waals surface area contributed by atoms with E-state index < -0.39 is 0 Å². The average Bonchev–Trinajstić information content (AvgIpc) is 3.38. The molecule has 1 amide bonds. The summed E-state index contributed by atoms with van der Waals surface area (Å²) >= 11 is 0. The Bertz CT molecular complexity index is 1060. The number of fused-ring (bicyclic) bond motifs is 2. The Hall–Kier alpha value is -2.44. The third kappa shape index (κ3) is 3.30. The normalized spacial score (nSPS) is 23.3. The van der Waals surface area contributed by atoms with Gasteiger partial charge in [0.25, 0.3) is 11.6 Å². The molecule has 1 aliphatic carbocycles. The lowest BCUT2D eigenvalue weighted by Gasteiger charge is -2.19. The molecular weight excluding hydrogens is 388 g/mol. The third-order valence-electron chi connectivity index (χ3n) is 6.39. The minimum Gasteiger partial charge on any atom is -0.338 e. The minimum atomic E-state index is 0. The Kier molecular flexibility index (Phi) is 5.09. The van der Waals surface area contributed by atoms with Gasteiger partial charge in [-0.25, -0.2) is 4.98 Å². The molecule has 0 radical (unpaired) electrons. The second kappa shape index (κ2) is 7.43. The smallest absolute Gasteiger partial charge is 0.259 e. The van der Waals surface area contributed by atoms with Crippen molar-refractivity contribution in [1.82, 2.24) is 15.0 Å². The summed E-state index contributed by atoms with van der Waals surface area (Å²) in [6.45, 7) is 5.42. The van der Waals surface area contributed by atoms with Crippen molar-refractivity contribution in [3.05, 3.63) is 47.2 Å². The van der Waals surface area contributed by atoms with Crippen LogP contribution in [0.3, 0.4) is 0 Å². The Balaban J connectivity index is 0.00000205. The lowest BCUT2D eigenvalue weighted by molar-refractivity contribution is 0.0781. The molecule has 7 heteroatoms. The van der Waals surface area contributed by atoms with Crippen LogP contribution in [0.4, 0.5) is 0 Å². The van der Waals surface area contributed by atoms with Crippen LogP contribution < -0.4 is 5.73 Å². The average molecular weight is 413 g/mol. The van der Waals surface area contributed by atoms with Gasteiger partial charge in [0.15, 0.2) is 0 Å². The lowest BCUT2D eigenvalue weighted by atomic mass is 9.98. The quantitative estimate of drug-likeness (QED) is 0.693. The van der Waals surface area contributed by atoms with Gasteiger partial charge in [0.05, 0.1) is 22.3 Å². The van der Waals surface area contributed by atoms with E-state index in [-0.39, 0.29) is 24.4 Å². The van der Waals surface area contributed by atoms with Crippen molar-refractivity contribution in [1.29, 1.82) is 0 Å². The van der Waals surface area contributed by atoms with E-state index in [1.165, 1.54) is 5.56 Å². The van der Waals surface area contributed by atoms with Gasteiger partial charge >= 0.3 is 0 Å². The molecule has 0 spiro atoms. The van der Waals surface area contributed by atoms with E-state index in [0.717, 1.165) is 37.2 Å². The monoisotopic (exact) mass is 412 g/mol. The van der Waals surface area contributed by atoms with Gasteiger partial charge < -0.3 is 15.2 Å². The number of rotatable bonds is 2. The molecular formula is C22H25ClN4O2. The highest BCUT2D eigenvalue weighted by molar-refractivity contribution is 6.07. The van der Waals surface area contributed by atoms with Crippen molar-refractivity contribution in [2.24, 2.45) is 17.6 Å². The minimum absolute atomic E-state index is 0. The fourth-order valence-corrected chi connectivity index (χ4v) is 4.78. The number of hydrogen-bond acceptors (Lipinski definition) is 5. The number of amides is 1. The SMILES string of the molecule is Cc1ccc(-c2cc(C(=O)N3CC4CCC(N)C4C3)c3c(C)noc3n2)cc1.Cl. The van der Waals surface area contributed by atoms with Crippen molar-refractivity contribution in [3.63, 3.8) is 0 Å². The topological polar surface area (TPSA) is 85.2 Å². The van der Waals surface area contributed by atoms with Crippen LogP contribution in [0.5, 0.6) is 0 Å². The first-order valence-corrected chi connectivity index (χ1v) is 9.90. The summed E-state index contributed by atoms with van der Waals surface area (Å²) in [5.41, 5.74) is 10.8. The van der Waals surface area contributed by atoms with E-state index in [1.54, 1.807) is 0 Å². The molecule has 1 aromatic carbocycles. The number of likely N-dealkylation sites (tertiary alicyclic amines) is 1. The van der Waals surface area contributed by atoms with Gasteiger partial charge in [0.1, 0.15) is 0 Å². The van der Waals surface area contributed by atoms with Gasteiger partial charge in [0, 0.05) is 24.7 Å². The number of aryl methyl sites for hydroxylation is 2. The summed E-state index contributed by atoms with van der Waals surface area (Å²) < 4.78 is 5.43. The van der Waals surface area contributed by atoms with Crippen LogP contribution in [0.2, 0.25) is 0 Å². The molecule has 2 aromatic heterocycles. The second-order valence-corrected chi connectivity index (χ2v) is 8.24. The Morgan fingerprint density at radius 1 is 1.17 bits per heavy atom. The first kappa shape index (κ1) is 19.9. The summed E-state index contributed by atoms with van der Waals surface area (Å²) in [5.74, 6) is 0.964. The maximum atomic E-state index is 13.5. The van der Waals surface area contributed by atoms with E-state index >= 15 is 0 Å². The number of benzene rings is 1. The molecule has 2 fully saturated rings. The molecule has 6 nitrogen and oxygen atoms in total. The van der Waals surface area contributed by atoms with Crippen molar-refractivity contribution in [2.45, 2.75) is 32.7 Å². The van der Waals surface area contributed by atoms with E-state index in [2.05, 4.69) is 10.1 Å². The van der Waals surface area contributed by atoms with Gasteiger partial charge in [-0.2, -0.15) is 0 Å². The molecule has 3 aromatic rings. The number of pyridine rings is 1. The number of nitrogens with two attached hydrogens (primary N) is 1. The number of halogens is 1. The predicted octanol–water partition coefficient (Wildman–Crippen LogP) is 3.74. The number of carbonyl (C=O) groups is 1. The van der Waals surface area contributed by atoms with Crippen LogP contribution in [0, 0.1) is 25.7 Å². The summed E-state index contributed by atoms with van der Waals surface area (Å²) in [4.78, 5) is 20.0. The predicted molar refractivity (Wildman–Crippen MR) is 114 cm³/mol. The van der Waals surface area contributed by atoms with Gasteiger partial charge in [-0.1, -0.05) is 35.0 Å². The molecule has 1 saturated heterocycles. The molecule has 0 bridgehead atoms. The Labute approximate surface area is 175 Å².